The number of para-hydroxylation sites is 1. The highest BCUT2D eigenvalue weighted by Gasteiger charge is 2.18. The molecule has 1 unspecified atom stereocenters. The molecule has 140 valence electrons. The Labute approximate surface area is 152 Å². The fraction of sp³-hybridized carbons (Fsp3) is 0.650. The lowest BCUT2D eigenvalue weighted by Crippen LogP contribution is -2.40. The van der Waals surface area contributed by atoms with Crippen LogP contribution in [0.5, 0.6) is 5.75 Å². The van der Waals surface area contributed by atoms with Crippen LogP contribution in [0.4, 0.5) is 0 Å². The van der Waals surface area contributed by atoms with Crippen molar-refractivity contribution in [2.24, 2.45) is 10.9 Å². The molecule has 5 nitrogen and oxygen atoms in total. The molecule has 2 rings (SSSR count). The summed E-state index contributed by atoms with van der Waals surface area (Å²) in [6.45, 7) is 10.6. The van der Waals surface area contributed by atoms with Crippen LogP contribution in [0.15, 0.2) is 29.3 Å². The molecule has 0 bridgehead atoms. The number of aliphatic imine (C=N–C) groups is 1. The third-order valence-electron chi connectivity index (χ3n) is 4.78. The Morgan fingerprint density at radius 2 is 2.12 bits per heavy atom. The van der Waals surface area contributed by atoms with Crippen LogP contribution in [-0.2, 0) is 6.42 Å². The molecule has 0 aromatic heterocycles. The van der Waals surface area contributed by atoms with Crippen LogP contribution in [-0.4, -0.2) is 57.2 Å². The second-order valence-electron chi connectivity index (χ2n) is 6.61. The summed E-state index contributed by atoms with van der Waals surface area (Å²) in [6.07, 6.45) is 3.51. The molecule has 1 saturated heterocycles. The fourth-order valence-corrected chi connectivity index (χ4v) is 3.37. The lowest BCUT2D eigenvalue weighted by atomic mass is 9.98. The van der Waals surface area contributed by atoms with E-state index in [0.717, 1.165) is 44.3 Å². The van der Waals surface area contributed by atoms with Crippen molar-refractivity contribution in [2.45, 2.75) is 33.1 Å². The minimum Gasteiger partial charge on any atom is -0.496 e. The van der Waals surface area contributed by atoms with Gasteiger partial charge >= 0.3 is 0 Å². The second-order valence-corrected chi connectivity index (χ2v) is 6.61. The highest BCUT2D eigenvalue weighted by atomic mass is 16.5. The quantitative estimate of drug-likeness (QED) is 0.561. The van der Waals surface area contributed by atoms with E-state index in [0.29, 0.717) is 5.92 Å². The zero-order valence-corrected chi connectivity index (χ0v) is 16.1. The maximum absolute atomic E-state index is 5.42. The average Bonchev–Trinajstić information content (AvgIpc) is 2.66. The number of methoxy groups -OCH3 is 1. The van der Waals surface area contributed by atoms with Crippen LogP contribution in [0.25, 0.3) is 0 Å². The Balaban J connectivity index is 1.83. The van der Waals surface area contributed by atoms with E-state index in [-0.39, 0.29) is 0 Å². The summed E-state index contributed by atoms with van der Waals surface area (Å²) < 4.78 is 5.42. The molecule has 0 aliphatic carbocycles. The number of benzene rings is 1. The van der Waals surface area contributed by atoms with Crippen LogP contribution in [0.1, 0.15) is 32.3 Å². The molecule has 1 aromatic carbocycles. The molecule has 0 spiro atoms. The molecular formula is C20H34N4O. The van der Waals surface area contributed by atoms with E-state index < -0.39 is 0 Å². The maximum Gasteiger partial charge on any atom is 0.191 e. The number of nitrogens with one attached hydrogen (secondary N) is 2. The van der Waals surface area contributed by atoms with E-state index in [1.807, 2.05) is 12.1 Å². The molecule has 1 aromatic rings. The summed E-state index contributed by atoms with van der Waals surface area (Å²) in [5.74, 6) is 2.55. The molecule has 5 heteroatoms. The molecule has 25 heavy (non-hydrogen) atoms. The highest BCUT2D eigenvalue weighted by molar-refractivity contribution is 5.79. The number of ether oxygens (including phenoxy) is 1. The molecule has 0 amide bonds. The van der Waals surface area contributed by atoms with Crippen molar-refractivity contribution in [3.8, 4) is 5.75 Å². The van der Waals surface area contributed by atoms with E-state index in [1.165, 1.54) is 31.5 Å². The Kier molecular flexibility index (Phi) is 8.60. The third kappa shape index (κ3) is 6.58. The first-order chi connectivity index (χ1) is 12.3. The van der Waals surface area contributed by atoms with Gasteiger partial charge in [-0.25, -0.2) is 0 Å². The predicted molar refractivity (Wildman–Crippen MR) is 106 cm³/mol. The van der Waals surface area contributed by atoms with Gasteiger partial charge < -0.3 is 20.3 Å². The van der Waals surface area contributed by atoms with Gasteiger partial charge in [0.1, 0.15) is 5.75 Å². The van der Waals surface area contributed by atoms with Gasteiger partial charge in [0, 0.05) is 26.2 Å². The van der Waals surface area contributed by atoms with Gasteiger partial charge in [0.05, 0.1) is 7.11 Å². The first-order valence-electron chi connectivity index (χ1n) is 9.63. The number of piperidine rings is 1. The van der Waals surface area contributed by atoms with Crippen molar-refractivity contribution < 1.29 is 4.74 Å². The molecule has 1 heterocycles. The largest absolute Gasteiger partial charge is 0.496 e. The Bertz CT molecular complexity index is 532. The van der Waals surface area contributed by atoms with E-state index in [2.05, 4.69) is 41.5 Å². The van der Waals surface area contributed by atoms with Crippen LogP contribution in [0.2, 0.25) is 0 Å². The van der Waals surface area contributed by atoms with Gasteiger partial charge in [-0.1, -0.05) is 25.1 Å². The minimum absolute atomic E-state index is 0.679. The van der Waals surface area contributed by atoms with Crippen molar-refractivity contribution >= 4 is 5.96 Å². The topological polar surface area (TPSA) is 48.9 Å². The number of nitrogens with zero attached hydrogens (tertiary/aromatic N) is 2. The monoisotopic (exact) mass is 346 g/mol. The lowest BCUT2D eigenvalue weighted by Gasteiger charge is -2.31. The van der Waals surface area contributed by atoms with Gasteiger partial charge in [0.25, 0.3) is 0 Å². The number of hydrogen-bond acceptors (Lipinski definition) is 3. The first-order valence-corrected chi connectivity index (χ1v) is 9.63. The fourth-order valence-electron chi connectivity index (χ4n) is 3.37. The molecule has 1 atom stereocenters. The molecular weight excluding hydrogens is 312 g/mol. The molecule has 1 fully saturated rings. The minimum atomic E-state index is 0.679. The zero-order chi connectivity index (χ0) is 17.9. The van der Waals surface area contributed by atoms with E-state index in [1.54, 1.807) is 7.11 Å². The summed E-state index contributed by atoms with van der Waals surface area (Å²) >= 11 is 0. The van der Waals surface area contributed by atoms with Gasteiger partial charge in [0.2, 0.25) is 0 Å². The highest BCUT2D eigenvalue weighted by Crippen LogP contribution is 2.17. The predicted octanol–water partition coefficient (Wildman–Crippen LogP) is 2.52. The smallest absolute Gasteiger partial charge is 0.191 e. The van der Waals surface area contributed by atoms with Gasteiger partial charge in [-0.3, -0.25) is 4.99 Å². The Morgan fingerprint density at radius 1 is 1.28 bits per heavy atom. The van der Waals surface area contributed by atoms with Gasteiger partial charge in [0.15, 0.2) is 5.96 Å². The standard InChI is InChI=1S/C20H34N4O/c1-4-21-20(23-15-17-9-8-14-24(5-2)16-17)22-13-12-18-10-6-7-11-19(18)25-3/h6-7,10-11,17H,4-5,8-9,12-16H2,1-3H3,(H2,21,22,23). The third-order valence-corrected chi connectivity index (χ3v) is 4.78. The van der Waals surface area contributed by atoms with Gasteiger partial charge in [-0.2, -0.15) is 0 Å². The molecule has 2 N–H and O–H groups in total. The Hall–Kier alpha value is -1.75. The van der Waals surface area contributed by atoms with E-state index in [9.17, 15) is 0 Å². The number of hydrogen-bond donors (Lipinski definition) is 2. The van der Waals surface area contributed by atoms with Crippen molar-refractivity contribution in [3.05, 3.63) is 29.8 Å². The van der Waals surface area contributed by atoms with Gasteiger partial charge in [-0.15, -0.1) is 0 Å². The molecule has 0 saturated carbocycles. The van der Waals surface area contributed by atoms with Crippen LogP contribution < -0.4 is 15.4 Å². The summed E-state index contributed by atoms with van der Waals surface area (Å²) in [4.78, 5) is 7.35. The maximum atomic E-state index is 5.42. The first kappa shape index (κ1) is 19.6. The van der Waals surface area contributed by atoms with Crippen molar-refractivity contribution in [2.75, 3.05) is 46.4 Å². The SMILES string of the molecule is CCNC(=NCC1CCCN(CC)C1)NCCc1ccccc1OC. The molecule has 0 radical (unpaired) electrons. The molecule has 1 aliphatic rings. The summed E-state index contributed by atoms with van der Waals surface area (Å²) in [5.41, 5.74) is 1.22. The van der Waals surface area contributed by atoms with E-state index >= 15 is 0 Å². The Morgan fingerprint density at radius 3 is 2.88 bits per heavy atom. The summed E-state index contributed by atoms with van der Waals surface area (Å²) in [5, 5.41) is 6.81. The summed E-state index contributed by atoms with van der Waals surface area (Å²) in [6, 6.07) is 8.19. The van der Waals surface area contributed by atoms with Crippen molar-refractivity contribution in [3.63, 3.8) is 0 Å². The van der Waals surface area contributed by atoms with Crippen LogP contribution in [0, 0.1) is 5.92 Å². The average molecular weight is 347 g/mol. The molecule has 1 aliphatic heterocycles. The normalized spacial score (nSPS) is 18.8. The zero-order valence-electron chi connectivity index (χ0n) is 16.1. The second kappa shape index (κ2) is 11.0. The number of rotatable bonds is 8. The van der Waals surface area contributed by atoms with Crippen LogP contribution in [0.3, 0.4) is 0 Å². The lowest BCUT2D eigenvalue weighted by molar-refractivity contribution is 0.186. The number of guanidine groups is 1. The van der Waals surface area contributed by atoms with Crippen molar-refractivity contribution in [1.29, 1.82) is 0 Å². The van der Waals surface area contributed by atoms with E-state index in [4.69, 9.17) is 9.73 Å². The number of likely N-dealkylation sites (tertiary alicyclic amines) is 1. The summed E-state index contributed by atoms with van der Waals surface area (Å²) in [7, 11) is 1.72. The van der Waals surface area contributed by atoms with Crippen molar-refractivity contribution in [1.82, 2.24) is 15.5 Å². The van der Waals surface area contributed by atoms with Crippen LogP contribution >= 0.6 is 0 Å². The van der Waals surface area contributed by atoms with Gasteiger partial charge in [-0.05, 0) is 56.8 Å².